The van der Waals surface area contributed by atoms with Gasteiger partial charge in [0.2, 0.25) is 5.91 Å². The van der Waals surface area contributed by atoms with Gasteiger partial charge in [-0.2, -0.15) is 0 Å². The molecule has 35 heavy (non-hydrogen) atoms. The highest BCUT2D eigenvalue weighted by Gasteiger charge is 2.44. The van der Waals surface area contributed by atoms with E-state index < -0.39 is 12.0 Å². The highest BCUT2D eigenvalue weighted by molar-refractivity contribution is 6.02. The van der Waals surface area contributed by atoms with Gasteiger partial charge in [0.1, 0.15) is 11.7 Å². The number of nitrogens with zero attached hydrogens (tertiary/aromatic N) is 2. The molecular weight excluding hydrogens is 442 g/mol. The molecule has 2 saturated carbocycles. The topological polar surface area (TPSA) is 108 Å². The quantitative estimate of drug-likeness (QED) is 0.476. The molecule has 2 aromatic rings. The summed E-state index contributed by atoms with van der Waals surface area (Å²) in [6.45, 7) is 0. The second-order valence-electron chi connectivity index (χ2n) is 10.5. The summed E-state index contributed by atoms with van der Waals surface area (Å²) in [5.41, 5.74) is 8.08. The van der Waals surface area contributed by atoms with E-state index in [0.717, 1.165) is 37.7 Å². The van der Waals surface area contributed by atoms with Crippen LogP contribution in [0.3, 0.4) is 0 Å². The largest absolute Gasteiger partial charge is 0.478 e. The minimum Gasteiger partial charge on any atom is -0.478 e. The molecule has 4 N–H and O–H groups in total. The maximum atomic E-state index is 13.2. The van der Waals surface area contributed by atoms with Gasteiger partial charge in [-0.05, 0) is 68.1 Å². The minimum absolute atomic E-state index is 0.157. The molecule has 0 spiro atoms. The van der Waals surface area contributed by atoms with E-state index in [0.29, 0.717) is 23.9 Å². The lowest BCUT2D eigenvalue weighted by Crippen LogP contribution is -2.65. The van der Waals surface area contributed by atoms with Crippen LogP contribution in [-0.4, -0.2) is 32.6 Å². The van der Waals surface area contributed by atoms with Crippen molar-refractivity contribution in [3.05, 3.63) is 48.0 Å². The minimum atomic E-state index is -1.02. The fraction of sp³-hybridized carbons (Fsp3) is 0.593. The van der Waals surface area contributed by atoms with Crippen LogP contribution < -0.4 is 16.2 Å². The number of amides is 1. The molecule has 1 aliphatic heterocycles. The molecule has 2 heterocycles. The number of carboxylic acid groups (broad SMARTS) is 1. The second kappa shape index (κ2) is 10.5. The number of rotatable bonds is 6. The van der Waals surface area contributed by atoms with E-state index in [-0.39, 0.29) is 17.1 Å². The smallest absolute Gasteiger partial charge is 0.337 e. The van der Waals surface area contributed by atoms with Gasteiger partial charge in [0.05, 0.1) is 17.6 Å². The third kappa shape index (κ3) is 5.28. The van der Waals surface area contributed by atoms with Crippen molar-refractivity contribution >= 4 is 17.6 Å². The van der Waals surface area contributed by atoms with Gasteiger partial charge >= 0.3 is 5.97 Å². The third-order valence-electron chi connectivity index (χ3n) is 8.17. The first kappa shape index (κ1) is 24.0. The second-order valence-corrected chi connectivity index (χ2v) is 10.5. The first-order valence-corrected chi connectivity index (χ1v) is 13.3. The van der Waals surface area contributed by atoms with Crippen molar-refractivity contribution in [2.45, 2.75) is 94.7 Å². The Labute approximate surface area is 206 Å². The molecule has 8 nitrogen and oxygen atoms in total. The Bertz CT molecular complexity index is 1020. The SMILES string of the molecule is O=C(O)c1cc(C2CC2)ccc1NC(=O)C1CCC(C2CCCCCCCC2)(n2ccnc2)NN1. The third-order valence-corrected chi connectivity index (χ3v) is 8.17. The molecule has 3 fully saturated rings. The molecule has 1 aromatic heterocycles. The van der Waals surface area contributed by atoms with Gasteiger partial charge in [-0.3, -0.25) is 4.79 Å². The normalized spacial score (nSPS) is 26.3. The summed E-state index contributed by atoms with van der Waals surface area (Å²) in [6.07, 6.45) is 19.3. The first-order chi connectivity index (χ1) is 17.1. The van der Waals surface area contributed by atoms with Crippen molar-refractivity contribution in [2.24, 2.45) is 5.92 Å². The number of nitrogens with one attached hydrogen (secondary N) is 3. The first-order valence-electron chi connectivity index (χ1n) is 13.3. The number of benzene rings is 1. The van der Waals surface area contributed by atoms with Crippen LogP contribution >= 0.6 is 0 Å². The van der Waals surface area contributed by atoms with Crippen molar-refractivity contribution in [2.75, 3.05) is 5.32 Å². The van der Waals surface area contributed by atoms with Crippen LogP contribution in [0.15, 0.2) is 36.9 Å². The molecule has 8 heteroatoms. The summed E-state index contributed by atoms with van der Waals surface area (Å²) in [5.74, 6) is -0.333. The summed E-state index contributed by atoms with van der Waals surface area (Å²) in [5, 5.41) is 12.6. The van der Waals surface area contributed by atoms with Crippen molar-refractivity contribution < 1.29 is 14.7 Å². The Hall–Kier alpha value is -2.71. The molecule has 1 saturated heterocycles. The number of hydrogen-bond donors (Lipinski definition) is 4. The lowest BCUT2D eigenvalue weighted by atomic mass is 9.79. The Morgan fingerprint density at radius 1 is 1.03 bits per heavy atom. The molecule has 2 aliphatic carbocycles. The molecule has 2 unspecified atom stereocenters. The summed E-state index contributed by atoms with van der Waals surface area (Å²) in [6, 6.07) is 4.93. The Balaban J connectivity index is 1.29. The molecule has 0 radical (unpaired) electrons. The van der Waals surface area contributed by atoms with E-state index >= 15 is 0 Å². The van der Waals surface area contributed by atoms with Crippen LogP contribution in [0.2, 0.25) is 0 Å². The van der Waals surface area contributed by atoms with Crippen LogP contribution in [0.5, 0.6) is 0 Å². The van der Waals surface area contributed by atoms with Crippen LogP contribution in [0.4, 0.5) is 5.69 Å². The summed E-state index contributed by atoms with van der Waals surface area (Å²) >= 11 is 0. The molecule has 3 aliphatic rings. The number of carbonyl (C=O) groups is 2. The standard InChI is InChI=1S/C27H37N5O3/c33-25(29-23-12-11-20(19-9-10-19)17-22(23)26(34)35)24-13-14-27(31-30-24,32-16-15-28-18-32)21-7-5-3-1-2-4-6-8-21/h11-12,15-19,21,24,30-31H,1-10,13-14H2,(H,29,33)(H,34,35). The van der Waals surface area contributed by atoms with Crippen LogP contribution in [-0.2, 0) is 10.5 Å². The Morgan fingerprint density at radius 3 is 2.37 bits per heavy atom. The lowest BCUT2D eigenvalue weighted by Gasteiger charge is -2.47. The van der Waals surface area contributed by atoms with Crippen molar-refractivity contribution in [3.63, 3.8) is 0 Å². The van der Waals surface area contributed by atoms with Gasteiger partial charge in [0.15, 0.2) is 0 Å². The Morgan fingerprint density at radius 2 is 1.77 bits per heavy atom. The lowest BCUT2D eigenvalue weighted by molar-refractivity contribution is -0.120. The van der Waals surface area contributed by atoms with Gasteiger partial charge in [-0.25, -0.2) is 20.6 Å². The Kier molecular flexibility index (Phi) is 7.20. The molecule has 2 atom stereocenters. The molecule has 1 amide bonds. The average Bonchev–Trinajstić information content (AvgIpc) is 3.52. The zero-order valence-corrected chi connectivity index (χ0v) is 20.3. The van der Waals surface area contributed by atoms with Gasteiger partial charge in [0.25, 0.3) is 0 Å². The van der Waals surface area contributed by atoms with Crippen molar-refractivity contribution in [3.8, 4) is 0 Å². The van der Waals surface area contributed by atoms with E-state index in [4.69, 9.17) is 0 Å². The predicted octanol–water partition coefficient (Wildman–Crippen LogP) is 4.76. The number of anilines is 1. The van der Waals surface area contributed by atoms with Gasteiger partial charge in [0, 0.05) is 12.4 Å². The molecule has 188 valence electrons. The summed E-state index contributed by atoms with van der Waals surface area (Å²) in [7, 11) is 0. The predicted molar refractivity (Wildman–Crippen MR) is 134 cm³/mol. The molecular formula is C27H37N5O3. The number of aromatic carboxylic acids is 1. The summed E-state index contributed by atoms with van der Waals surface area (Å²) in [4.78, 5) is 29.3. The fourth-order valence-corrected chi connectivity index (χ4v) is 5.96. The van der Waals surface area contributed by atoms with Gasteiger partial charge in [-0.1, -0.05) is 44.6 Å². The van der Waals surface area contributed by atoms with E-state index in [1.807, 2.05) is 24.8 Å². The van der Waals surface area contributed by atoms with Crippen LogP contribution in [0, 0.1) is 5.92 Å². The van der Waals surface area contributed by atoms with E-state index in [2.05, 4.69) is 25.7 Å². The van der Waals surface area contributed by atoms with Crippen LogP contribution in [0.1, 0.15) is 98.9 Å². The number of carbonyl (C=O) groups excluding carboxylic acids is 1. The molecule has 1 aromatic carbocycles. The maximum absolute atomic E-state index is 13.2. The average molecular weight is 480 g/mol. The van der Waals surface area contributed by atoms with Crippen molar-refractivity contribution in [1.82, 2.24) is 20.4 Å². The van der Waals surface area contributed by atoms with Gasteiger partial charge in [-0.15, -0.1) is 0 Å². The van der Waals surface area contributed by atoms with Crippen molar-refractivity contribution in [1.29, 1.82) is 0 Å². The number of aromatic nitrogens is 2. The van der Waals surface area contributed by atoms with Crippen LogP contribution in [0.25, 0.3) is 0 Å². The number of hydrogen-bond acceptors (Lipinski definition) is 5. The highest BCUT2D eigenvalue weighted by atomic mass is 16.4. The fourth-order valence-electron chi connectivity index (χ4n) is 5.96. The van der Waals surface area contributed by atoms with E-state index in [9.17, 15) is 14.7 Å². The number of hydrazine groups is 1. The number of carboxylic acids is 1. The van der Waals surface area contributed by atoms with Gasteiger partial charge < -0.3 is 15.0 Å². The molecule has 5 rings (SSSR count). The maximum Gasteiger partial charge on any atom is 0.337 e. The zero-order chi connectivity index (χ0) is 24.3. The highest BCUT2D eigenvalue weighted by Crippen LogP contribution is 2.41. The van der Waals surface area contributed by atoms with E-state index in [1.165, 1.54) is 38.5 Å². The zero-order valence-electron chi connectivity index (χ0n) is 20.3. The monoisotopic (exact) mass is 479 g/mol. The molecule has 0 bridgehead atoms. The van der Waals surface area contributed by atoms with E-state index in [1.54, 1.807) is 12.1 Å². The number of imidazole rings is 1. The summed E-state index contributed by atoms with van der Waals surface area (Å²) < 4.78 is 2.18.